The fourth-order valence-electron chi connectivity index (χ4n) is 4.04. The van der Waals surface area contributed by atoms with Gasteiger partial charge in [-0.3, -0.25) is 14.5 Å². The van der Waals surface area contributed by atoms with Crippen molar-refractivity contribution < 1.29 is 28.7 Å². The molecule has 0 saturated carbocycles. The standard InChI is InChI=1S/C27H30Cl2N2O6/c1-2-3-10-22(24(32)17-36-26(34)19-13-20(28)15-21(29)14-19)30-25(33)23-11-7-12-31(23)27(35)37-16-18-8-5-4-6-9-18/h4-6,8-9,13-15,22-23H,2-3,7,10-12,16-17H2,1H3,(H,30,33)/t22-,23-/m0/s1. The van der Waals surface area contributed by atoms with Crippen molar-refractivity contribution in [2.45, 2.75) is 57.7 Å². The van der Waals surface area contributed by atoms with Crippen LogP contribution in [0, 0.1) is 0 Å². The number of carbonyl (C=O) groups excluding carboxylic acids is 4. The van der Waals surface area contributed by atoms with Gasteiger partial charge in [-0.1, -0.05) is 73.3 Å². The van der Waals surface area contributed by atoms with E-state index in [4.69, 9.17) is 32.7 Å². The number of benzene rings is 2. The molecule has 2 aromatic rings. The molecule has 0 unspecified atom stereocenters. The van der Waals surface area contributed by atoms with E-state index >= 15 is 0 Å². The lowest BCUT2D eigenvalue weighted by Gasteiger charge is -2.25. The van der Waals surface area contributed by atoms with Crippen molar-refractivity contribution in [2.75, 3.05) is 13.2 Å². The maximum atomic E-state index is 13.1. The van der Waals surface area contributed by atoms with Gasteiger partial charge < -0.3 is 14.8 Å². The number of unbranched alkanes of at least 4 members (excludes halogenated alkanes) is 1. The Kier molecular flexibility index (Phi) is 10.8. The predicted molar refractivity (Wildman–Crippen MR) is 140 cm³/mol. The van der Waals surface area contributed by atoms with E-state index in [0.29, 0.717) is 32.2 Å². The number of Topliss-reactive ketones (excluding diaryl/α,β-unsaturated/α-hetero) is 1. The van der Waals surface area contributed by atoms with E-state index in [-0.39, 0.29) is 22.2 Å². The van der Waals surface area contributed by atoms with E-state index in [1.807, 2.05) is 37.3 Å². The molecule has 0 radical (unpaired) electrons. The molecule has 0 aliphatic carbocycles. The Balaban J connectivity index is 1.58. The molecule has 0 aromatic heterocycles. The van der Waals surface area contributed by atoms with E-state index in [1.54, 1.807) is 0 Å². The van der Waals surface area contributed by atoms with Gasteiger partial charge in [-0.15, -0.1) is 0 Å². The zero-order chi connectivity index (χ0) is 26.8. The first-order valence-corrected chi connectivity index (χ1v) is 13.0. The number of rotatable bonds is 11. The van der Waals surface area contributed by atoms with Crippen LogP contribution in [0.3, 0.4) is 0 Å². The number of hydrogen-bond donors (Lipinski definition) is 1. The summed E-state index contributed by atoms with van der Waals surface area (Å²) in [5.41, 5.74) is 0.964. The third-order valence-corrected chi connectivity index (χ3v) is 6.43. The molecule has 1 aliphatic rings. The van der Waals surface area contributed by atoms with Gasteiger partial charge >= 0.3 is 12.1 Å². The van der Waals surface area contributed by atoms with Gasteiger partial charge in [0, 0.05) is 16.6 Å². The average molecular weight is 549 g/mol. The van der Waals surface area contributed by atoms with Gasteiger partial charge in [0.2, 0.25) is 5.91 Å². The maximum Gasteiger partial charge on any atom is 0.410 e. The smallest absolute Gasteiger partial charge is 0.410 e. The van der Waals surface area contributed by atoms with Crippen LogP contribution in [0.15, 0.2) is 48.5 Å². The number of ketones is 1. The predicted octanol–water partition coefficient (Wildman–Crippen LogP) is 5.20. The number of amides is 2. The number of nitrogens with zero attached hydrogens (tertiary/aromatic N) is 1. The van der Waals surface area contributed by atoms with Gasteiger partial charge in [0.15, 0.2) is 12.4 Å². The van der Waals surface area contributed by atoms with Crippen molar-refractivity contribution in [3.8, 4) is 0 Å². The number of esters is 1. The van der Waals surface area contributed by atoms with Gasteiger partial charge in [-0.2, -0.15) is 0 Å². The van der Waals surface area contributed by atoms with E-state index in [0.717, 1.165) is 12.0 Å². The van der Waals surface area contributed by atoms with Crippen molar-refractivity contribution >= 4 is 47.0 Å². The zero-order valence-corrected chi connectivity index (χ0v) is 22.1. The highest BCUT2D eigenvalue weighted by molar-refractivity contribution is 6.35. The monoisotopic (exact) mass is 548 g/mol. The summed E-state index contributed by atoms with van der Waals surface area (Å²) in [5, 5.41) is 3.29. The average Bonchev–Trinajstić information content (AvgIpc) is 3.38. The van der Waals surface area contributed by atoms with E-state index in [2.05, 4.69) is 5.32 Å². The molecule has 2 amide bonds. The minimum atomic E-state index is -0.856. The lowest BCUT2D eigenvalue weighted by molar-refractivity contribution is -0.131. The maximum absolute atomic E-state index is 13.1. The summed E-state index contributed by atoms with van der Waals surface area (Å²) in [5.74, 6) is -1.63. The molecule has 0 spiro atoms. The third-order valence-electron chi connectivity index (χ3n) is 5.99. The summed E-state index contributed by atoms with van der Waals surface area (Å²) in [4.78, 5) is 52.4. The molecule has 10 heteroatoms. The van der Waals surface area contributed by atoms with Gasteiger partial charge in [0.25, 0.3) is 0 Å². The first-order chi connectivity index (χ1) is 17.8. The van der Waals surface area contributed by atoms with Crippen LogP contribution in [0.1, 0.15) is 54.9 Å². The molecular formula is C27H30Cl2N2O6. The number of nitrogens with one attached hydrogen (secondary N) is 1. The minimum absolute atomic E-state index is 0.103. The van der Waals surface area contributed by atoms with Crippen molar-refractivity contribution in [3.05, 3.63) is 69.7 Å². The van der Waals surface area contributed by atoms with E-state index < -0.39 is 42.4 Å². The van der Waals surface area contributed by atoms with E-state index in [1.165, 1.54) is 23.1 Å². The highest BCUT2D eigenvalue weighted by Gasteiger charge is 2.36. The van der Waals surface area contributed by atoms with Crippen molar-refractivity contribution in [3.63, 3.8) is 0 Å². The molecule has 8 nitrogen and oxygen atoms in total. The Morgan fingerprint density at radius 2 is 1.76 bits per heavy atom. The van der Waals surface area contributed by atoms with Gasteiger partial charge in [-0.05, 0) is 43.0 Å². The van der Waals surface area contributed by atoms with Crippen LogP contribution in [0.4, 0.5) is 4.79 Å². The van der Waals surface area contributed by atoms with Crippen LogP contribution in [0.25, 0.3) is 0 Å². The topological polar surface area (TPSA) is 102 Å². The number of likely N-dealkylation sites (tertiary alicyclic amines) is 1. The molecule has 198 valence electrons. The van der Waals surface area contributed by atoms with Gasteiger partial charge in [0.05, 0.1) is 11.6 Å². The summed E-state index contributed by atoms with van der Waals surface area (Å²) < 4.78 is 10.6. The molecule has 3 rings (SSSR count). The summed E-state index contributed by atoms with van der Waals surface area (Å²) >= 11 is 11.9. The quantitative estimate of drug-likeness (QED) is 0.387. The van der Waals surface area contributed by atoms with Crippen LogP contribution >= 0.6 is 23.2 Å². The summed E-state index contributed by atoms with van der Waals surface area (Å²) in [6, 6.07) is 11.9. The van der Waals surface area contributed by atoms with Crippen LogP contribution < -0.4 is 5.32 Å². The first-order valence-electron chi connectivity index (χ1n) is 12.2. The molecule has 1 fully saturated rings. The fraction of sp³-hybridized carbons (Fsp3) is 0.407. The fourth-order valence-corrected chi connectivity index (χ4v) is 4.57. The Labute approximate surface area is 226 Å². The first kappa shape index (κ1) is 28.5. The zero-order valence-electron chi connectivity index (χ0n) is 20.6. The molecule has 2 aromatic carbocycles. The van der Waals surface area contributed by atoms with Crippen LogP contribution in [-0.4, -0.2) is 53.9 Å². The second kappa shape index (κ2) is 14.0. The highest BCUT2D eigenvalue weighted by Crippen LogP contribution is 2.21. The van der Waals surface area contributed by atoms with Crippen molar-refractivity contribution in [1.29, 1.82) is 0 Å². The van der Waals surface area contributed by atoms with Gasteiger partial charge in [-0.25, -0.2) is 9.59 Å². The molecule has 1 heterocycles. The molecule has 2 atom stereocenters. The summed E-state index contributed by atoms with van der Waals surface area (Å²) in [6.45, 7) is 1.93. The van der Waals surface area contributed by atoms with Crippen LogP contribution in [0.2, 0.25) is 10.0 Å². The number of halogens is 2. The van der Waals surface area contributed by atoms with E-state index in [9.17, 15) is 19.2 Å². The minimum Gasteiger partial charge on any atom is -0.454 e. The van der Waals surface area contributed by atoms with Crippen LogP contribution in [-0.2, 0) is 25.7 Å². The molecule has 1 saturated heterocycles. The molecule has 1 aliphatic heterocycles. The Morgan fingerprint density at radius 1 is 1.05 bits per heavy atom. The second-order valence-corrected chi connectivity index (χ2v) is 9.67. The second-order valence-electron chi connectivity index (χ2n) is 8.80. The Bertz CT molecular complexity index is 1090. The molecule has 0 bridgehead atoms. The van der Waals surface area contributed by atoms with Crippen molar-refractivity contribution in [1.82, 2.24) is 10.2 Å². The number of ether oxygens (including phenoxy) is 2. The molecular weight excluding hydrogens is 519 g/mol. The Hall–Kier alpha value is -3.10. The third kappa shape index (κ3) is 8.47. The highest BCUT2D eigenvalue weighted by atomic mass is 35.5. The number of hydrogen-bond acceptors (Lipinski definition) is 6. The van der Waals surface area contributed by atoms with Crippen molar-refractivity contribution in [2.24, 2.45) is 0 Å². The molecule has 1 N–H and O–H groups in total. The Morgan fingerprint density at radius 3 is 2.43 bits per heavy atom. The van der Waals surface area contributed by atoms with Crippen LogP contribution in [0.5, 0.6) is 0 Å². The summed E-state index contributed by atoms with van der Waals surface area (Å²) in [6.07, 6.45) is 2.40. The lowest BCUT2D eigenvalue weighted by Crippen LogP contribution is -2.51. The number of carbonyl (C=O) groups is 4. The van der Waals surface area contributed by atoms with Gasteiger partial charge in [0.1, 0.15) is 12.6 Å². The largest absolute Gasteiger partial charge is 0.454 e. The normalized spacial score (nSPS) is 15.6. The molecule has 37 heavy (non-hydrogen) atoms. The SMILES string of the molecule is CCCC[C@H](NC(=O)[C@@H]1CCCN1C(=O)OCc1ccccc1)C(=O)COC(=O)c1cc(Cl)cc(Cl)c1. The summed E-state index contributed by atoms with van der Waals surface area (Å²) in [7, 11) is 0. The lowest BCUT2D eigenvalue weighted by atomic mass is 10.0.